The number of amides is 6. The fourth-order valence-corrected chi connectivity index (χ4v) is 11.6. The second-order valence-corrected chi connectivity index (χ2v) is 21.0. The van der Waals surface area contributed by atoms with Crippen molar-refractivity contribution in [1.29, 1.82) is 0 Å². The molecular formula is C48H66N8O16S. The van der Waals surface area contributed by atoms with E-state index in [1.807, 2.05) is 0 Å². The summed E-state index contributed by atoms with van der Waals surface area (Å²) in [4.78, 5) is 145. The summed E-state index contributed by atoms with van der Waals surface area (Å²) in [6.45, 7) is 2.01. The van der Waals surface area contributed by atoms with Crippen LogP contribution in [0, 0.1) is 23.7 Å². The Kier molecular flexibility index (Phi) is 18.7. The molecule has 24 nitrogen and oxygen atoms in total. The highest BCUT2D eigenvalue weighted by atomic mass is 32.2. The number of aliphatic hydroxyl groups is 3. The summed E-state index contributed by atoms with van der Waals surface area (Å²) in [7, 11) is -2.31. The number of H-pyrrole nitrogens is 1. The molecular weight excluding hydrogens is 977 g/mol. The first-order valence-electron chi connectivity index (χ1n) is 24.6. The van der Waals surface area contributed by atoms with Crippen LogP contribution in [0.15, 0.2) is 23.2 Å². The zero-order valence-electron chi connectivity index (χ0n) is 40.9. The Balaban J connectivity index is 1.67. The molecule has 1 saturated heterocycles. The number of rotatable bonds is 13. The van der Waals surface area contributed by atoms with Gasteiger partial charge in [0.1, 0.15) is 16.8 Å². The van der Waals surface area contributed by atoms with Gasteiger partial charge in [0.25, 0.3) is 0 Å². The first-order valence-corrected chi connectivity index (χ1v) is 25.9. The van der Waals surface area contributed by atoms with Crippen LogP contribution in [0.1, 0.15) is 90.5 Å². The second-order valence-electron chi connectivity index (χ2n) is 19.6. The minimum atomic E-state index is -2.40. The number of nitrogens with zero attached hydrogens (tertiary/aromatic N) is 1. The predicted molar refractivity (Wildman–Crippen MR) is 257 cm³/mol. The third kappa shape index (κ3) is 13.2. The van der Waals surface area contributed by atoms with Gasteiger partial charge in [0.2, 0.25) is 41.2 Å². The molecule has 0 radical (unpaired) electrons. The monoisotopic (exact) mass is 1040 g/mol. The minimum absolute atomic E-state index is 0.0307. The number of aromatic nitrogens is 1. The van der Waals surface area contributed by atoms with E-state index < -0.39 is 193 Å². The molecule has 0 saturated carbocycles. The maximum atomic E-state index is 15.9. The first kappa shape index (κ1) is 56.2. The van der Waals surface area contributed by atoms with Gasteiger partial charge in [0.15, 0.2) is 17.3 Å². The van der Waals surface area contributed by atoms with E-state index >= 15 is 4.79 Å². The van der Waals surface area contributed by atoms with Gasteiger partial charge in [0, 0.05) is 67.9 Å². The van der Waals surface area contributed by atoms with Gasteiger partial charge in [-0.05, 0) is 49.3 Å². The van der Waals surface area contributed by atoms with Gasteiger partial charge < -0.3 is 62.5 Å². The molecule has 5 heterocycles. The van der Waals surface area contributed by atoms with Crippen LogP contribution in [0.25, 0.3) is 10.9 Å². The summed E-state index contributed by atoms with van der Waals surface area (Å²) in [5, 5.41) is 55.0. The van der Waals surface area contributed by atoms with Crippen molar-refractivity contribution in [2.24, 2.45) is 29.4 Å². The van der Waals surface area contributed by atoms with Crippen LogP contribution >= 0.6 is 0 Å². The zero-order chi connectivity index (χ0) is 53.5. The van der Waals surface area contributed by atoms with E-state index in [4.69, 9.17) is 10.5 Å². The Morgan fingerprint density at radius 2 is 1.60 bits per heavy atom. The van der Waals surface area contributed by atoms with E-state index in [0.29, 0.717) is 11.8 Å². The molecule has 1 fully saturated rings. The number of nitrogens with one attached hydrogen (secondary N) is 6. The Morgan fingerprint density at radius 1 is 0.904 bits per heavy atom. The molecule has 6 amide bonds. The van der Waals surface area contributed by atoms with Gasteiger partial charge in [0.05, 0.1) is 72.1 Å². The largest absolute Gasteiger partial charge is 0.481 e. The van der Waals surface area contributed by atoms with E-state index in [2.05, 4.69) is 31.6 Å². The quantitative estimate of drug-likeness (QED) is 0.0942. The zero-order valence-corrected chi connectivity index (χ0v) is 41.8. The number of Topliss-reactive ketones (excluding diaryl/α,β-unsaturated/α-hetero) is 3. The van der Waals surface area contributed by atoms with Crippen LogP contribution in [0.3, 0.4) is 0 Å². The van der Waals surface area contributed by atoms with E-state index in [1.165, 1.54) is 30.0 Å². The number of carbonyl (C=O) groups is 10. The van der Waals surface area contributed by atoms with Gasteiger partial charge in [-0.1, -0.05) is 33.6 Å². The molecule has 4 aliphatic rings. The molecule has 25 heteroatoms. The molecule has 400 valence electrons. The van der Waals surface area contributed by atoms with E-state index in [9.17, 15) is 67.8 Å². The SMILES string of the molecule is CC[C@H](C)[C@@H]1NC(=O)CNC(=O)[C@@H]2CC(=O)[C@H]([C@@H](C)[C@@H](O)CO)NC(=O)[C@@H]3CC(O)CN3C3(CCCCCC(=O)O)Oc4ccc5c(c([nH]c5c4)[S@](=O)CC(NC(=O)CNC1=O)C(=O)C[C@@H](CC(N)=O)C3=O)C2. The van der Waals surface area contributed by atoms with Crippen molar-refractivity contribution >= 4 is 80.5 Å². The second kappa shape index (κ2) is 24.3. The number of fused-ring (bicyclic) bond motifs is 7. The lowest BCUT2D eigenvalue weighted by Crippen LogP contribution is -2.65. The van der Waals surface area contributed by atoms with Crippen molar-refractivity contribution in [1.82, 2.24) is 36.5 Å². The topological polar surface area (TPSA) is 383 Å². The summed E-state index contributed by atoms with van der Waals surface area (Å²) in [6.07, 6.45) is -6.01. The van der Waals surface area contributed by atoms with Gasteiger partial charge in [-0.3, -0.25) is 52.2 Å². The number of aliphatic hydroxyl groups excluding tert-OH is 3. The maximum absolute atomic E-state index is 15.9. The lowest BCUT2D eigenvalue weighted by atomic mass is 9.82. The number of aromatic amines is 1. The highest BCUT2D eigenvalue weighted by Crippen LogP contribution is 2.41. The molecule has 1 aromatic heterocycles. The van der Waals surface area contributed by atoms with Crippen LogP contribution in [0.2, 0.25) is 0 Å². The number of primary amides is 1. The van der Waals surface area contributed by atoms with Crippen molar-refractivity contribution in [3.05, 3.63) is 23.8 Å². The number of ketones is 3. The molecule has 0 spiro atoms. The number of carboxylic acid groups (broad SMARTS) is 1. The summed E-state index contributed by atoms with van der Waals surface area (Å²) in [6, 6.07) is -1.75. The number of ether oxygens (including phenoxy) is 1. The van der Waals surface area contributed by atoms with Crippen LogP contribution < -0.4 is 37.1 Å². The first-order chi connectivity index (χ1) is 34.6. The summed E-state index contributed by atoms with van der Waals surface area (Å²) >= 11 is 0. The average Bonchev–Trinajstić information content (AvgIpc) is 3.92. The maximum Gasteiger partial charge on any atom is 0.303 e. The summed E-state index contributed by atoms with van der Waals surface area (Å²) < 4.78 is 21.7. The number of unbranched alkanes of at least 4 members (excludes halogenated alkanes) is 2. The minimum Gasteiger partial charge on any atom is -0.481 e. The summed E-state index contributed by atoms with van der Waals surface area (Å²) in [5.74, 6) is -14.9. The Labute approximate surface area is 422 Å². The van der Waals surface area contributed by atoms with Crippen LogP contribution in [-0.2, 0) is 65.2 Å². The van der Waals surface area contributed by atoms with Gasteiger partial charge >= 0.3 is 5.97 Å². The lowest BCUT2D eigenvalue weighted by molar-refractivity contribution is -0.168. The van der Waals surface area contributed by atoms with Crippen molar-refractivity contribution < 1.29 is 77.3 Å². The van der Waals surface area contributed by atoms with Crippen molar-refractivity contribution in [2.75, 3.05) is 32.0 Å². The number of carbonyl (C=O) groups excluding carboxylic acids is 9. The Hall–Kier alpha value is -6.15. The Bertz CT molecular complexity index is 2520. The highest BCUT2D eigenvalue weighted by Gasteiger charge is 2.56. The third-order valence-electron chi connectivity index (χ3n) is 14.4. The highest BCUT2D eigenvalue weighted by molar-refractivity contribution is 7.85. The van der Waals surface area contributed by atoms with Crippen LogP contribution in [0.4, 0.5) is 0 Å². The van der Waals surface area contributed by atoms with Gasteiger partial charge in [-0.2, -0.15) is 0 Å². The van der Waals surface area contributed by atoms with Crippen molar-refractivity contribution in [3.63, 3.8) is 0 Å². The molecule has 73 heavy (non-hydrogen) atoms. The van der Waals surface area contributed by atoms with Crippen LogP contribution in [-0.4, -0.2) is 167 Å². The molecule has 3 unspecified atom stereocenters. The summed E-state index contributed by atoms with van der Waals surface area (Å²) in [5.41, 5.74) is 3.76. The van der Waals surface area contributed by atoms with Crippen LogP contribution in [0.5, 0.6) is 5.75 Å². The van der Waals surface area contributed by atoms with Crippen molar-refractivity contribution in [2.45, 2.75) is 139 Å². The third-order valence-corrected chi connectivity index (χ3v) is 15.8. The number of aliphatic carboxylic acids is 1. The molecule has 12 N–H and O–H groups in total. The smallest absolute Gasteiger partial charge is 0.303 e. The standard InChI is InChI=1S/C48H66N8O16S/c1-4-23(2)41-46(70)51-18-38(63)52-32-22-73(71)47-30-12-26(44(68)50-19-39(64)54-41)14-35(60)42(24(3)36(61)21-57)55-45(69)33-16-27(58)20-56(33)48(11-7-5-6-8-40(65)66,43(67)25(13-34(32)59)15-37(49)62)72-28-9-10-29(30)31(17-28)53-47/h9-10,17,23-27,32-33,36,41-42,53,57-58,61H,4-8,11-16,18-22H2,1-3H3,(H2,49,62)(H,50,68)(H,51,70)(H,52,63)(H,54,64)(H,55,69)(H,65,66)/t23-,24-,25-,26-,27?,32?,33-,36-,41-,42-,48?,73+/m0/s1. The fourth-order valence-electron chi connectivity index (χ4n) is 10.1. The van der Waals surface area contributed by atoms with E-state index in [1.54, 1.807) is 13.8 Å². The predicted octanol–water partition coefficient (Wildman–Crippen LogP) is -2.28. The molecule has 1 aromatic carbocycles. The normalized spacial score (nSPS) is 29.4. The molecule has 12 atom stereocenters. The van der Waals surface area contributed by atoms with Gasteiger partial charge in [-0.15, -0.1) is 0 Å². The molecule has 8 bridgehead atoms. The number of hydrogen-bond donors (Lipinski definition) is 11. The number of nitrogens with two attached hydrogens (primary N) is 1. The molecule has 2 aromatic rings. The average molecular weight is 1040 g/mol. The number of benzene rings is 1. The molecule has 4 aliphatic heterocycles. The van der Waals surface area contributed by atoms with Crippen molar-refractivity contribution in [3.8, 4) is 5.75 Å². The molecule has 6 rings (SSSR count). The Morgan fingerprint density at radius 3 is 2.27 bits per heavy atom. The number of carboxylic acids is 1. The number of hydrogen-bond acceptors (Lipinski definition) is 16. The van der Waals surface area contributed by atoms with Gasteiger partial charge in [-0.25, -0.2) is 4.90 Å². The van der Waals surface area contributed by atoms with E-state index in [0.717, 1.165) is 0 Å². The fraction of sp³-hybridized carbons (Fsp3) is 0.625. The van der Waals surface area contributed by atoms with E-state index in [-0.39, 0.29) is 60.4 Å². The molecule has 0 aliphatic carbocycles. The lowest BCUT2D eigenvalue weighted by Gasteiger charge is -2.45.